The van der Waals surface area contributed by atoms with Crippen molar-refractivity contribution in [1.29, 1.82) is 0 Å². The molecule has 0 heterocycles. The van der Waals surface area contributed by atoms with Crippen molar-refractivity contribution in [3.05, 3.63) is 35.6 Å². The lowest BCUT2D eigenvalue weighted by atomic mass is 9.79. The molecule has 2 nitrogen and oxygen atoms in total. The summed E-state index contributed by atoms with van der Waals surface area (Å²) in [7, 11) is 1.57. The minimum Gasteiger partial charge on any atom is -0.370 e. The molecule has 0 radical (unpaired) electrons. The third-order valence-corrected chi connectivity index (χ3v) is 3.55. The maximum atomic E-state index is 13.1. The van der Waals surface area contributed by atoms with Gasteiger partial charge in [0.25, 0.3) is 0 Å². The minimum absolute atomic E-state index is 0.0841. The van der Waals surface area contributed by atoms with Crippen LogP contribution in [0.25, 0.3) is 0 Å². The first kappa shape index (κ1) is 12.2. The molecule has 1 aliphatic rings. The maximum absolute atomic E-state index is 13.1. The van der Waals surface area contributed by atoms with Crippen LogP contribution in [0.4, 0.5) is 4.39 Å². The molecule has 0 spiro atoms. The summed E-state index contributed by atoms with van der Waals surface area (Å²) in [4.78, 5) is 12.4. The van der Waals surface area contributed by atoms with Crippen molar-refractivity contribution in [2.45, 2.75) is 37.7 Å². The van der Waals surface area contributed by atoms with Crippen LogP contribution in [0.2, 0.25) is 0 Å². The van der Waals surface area contributed by atoms with E-state index in [1.807, 2.05) is 0 Å². The van der Waals surface area contributed by atoms with Crippen molar-refractivity contribution < 1.29 is 13.9 Å². The second-order valence-corrected chi connectivity index (χ2v) is 4.60. The average Bonchev–Trinajstić information content (AvgIpc) is 2.38. The Morgan fingerprint density at radius 3 is 2.59 bits per heavy atom. The molecule has 17 heavy (non-hydrogen) atoms. The summed E-state index contributed by atoms with van der Waals surface area (Å²) in [6.45, 7) is 0. The molecule has 1 aliphatic carbocycles. The van der Waals surface area contributed by atoms with Gasteiger partial charge in [0.2, 0.25) is 0 Å². The minimum atomic E-state index is -0.730. The molecule has 1 aromatic carbocycles. The van der Waals surface area contributed by atoms with Gasteiger partial charge in [-0.25, -0.2) is 4.39 Å². The second-order valence-electron chi connectivity index (χ2n) is 4.60. The number of ether oxygens (including phenoxy) is 1. The van der Waals surface area contributed by atoms with Crippen molar-refractivity contribution in [1.82, 2.24) is 0 Å². The molecule has 2 rings (SSSR count). The van der Waals surface area contributed by atoms with Crippen molar-refractivity contribution in [2.24, 2.45) is 0 Å². The van der Waals surface area contributed by atoms with Crippen molar-refractivity contribution in [3.8, 4) is 0 Å². The van der Waals surface area contributed by atoms with Gasteiger partial charge in [-0.05, 0) is 25.0 Å². The summed E-state index contributed by atoms with van der Waals surface area (Å²) < 4.78 is 18.6. The Kier molecular flexibility index (Phi) is 3.57. The van der Waals surface area contributed by atoms with E-state index in [4.69, 9.17) is 4.74 Å². The van der Waals surface area contributed by atoms with Gasteiger partial charge in [-0.2, -0.15) is 0 Å². The topological polar surface area (TPSA) is 26.3 Å². The second kappa shape index (κ2) is 4.96. The van der Waals surface area contributed by atoms with E-state index in [9.17, 15) is 9.18 Å². The van der Waals surface area contributed by atoms with Gasteiger partial charge < -0.3 is 4.74 Å². The predicted molar refractivity (Wildman–Crippen MR) is 63.6 cm³/mol. The zero-order valence-electron chi connectivity index (χ0n) is 10.0. The van der Waals surface area contributed by atoms with Gasteiger partial charge in [0.1, 0.15) is 11.4 Å². The first-order valence-electron chi connectivity index (χ1n) is 6.03. The van der Waals surface area contributed by atoms with E-state index < -0.39 is 5.60 Å². The van der Waals surface area contributed by atoms with E-state index in [1.165, 1.54) is 12.1 Å². The largest absolute Gasteiger partial charge is 0.370 e. The van der Waals surface area contributed by atoms with Crippen LogP contribution in [0, 0.1) is 5.82 Å². The first-order valence-corrected chi connectivity index (χ1v) is 6.03. The summed E-state index contributed by atoms with van der Waals surface area (Å²) >= 11 is 0. The number of carbonyl (C=O) groups excluding carboxylic acids is 1. The number of Topliss-reactive ketones (excluding diaryl/α,β-unsaturated/α-hetero) is 1. The van der Waals surface area contributed by atoms with Gasteiger partial charge in [-0.15, -0.1) is 0 Å². The lowest BCUT2D eigenvalue weighted by Crippen LogP contribution is -2.42. The van der Waals surface area contributed by atoms with Gasteiger partial charge in [0, 0.05) is 12.7 Å². The van der Waals surface area contributed by atoms with Gasteiger partial charge in [0.15, 0.2) is 5.78 Å². The fourth-order valence-electron chi connectivity index (χ4n) is 2.54. The number of carbonyl (C=O) groups is 1. The number of rotatable bonds is 3. The number of halogens is 1. The summed E-state index contributed by atoms with van der Waals surface area (Å²) in [5.74, 6) is -0.461. The Morgan fingerprint density at radius 2 is 2.00 bits per heavy atom. The third-order valence-electron chi connectivity index (χ3n) is 3.55. The summed E-state index contributed by atoms with van der Waals surface area (Å²) in [5.41, 5.74) is -0.319. The van der Waals surface area contributed by atoms with Crippen molar-refractivity contribution in [3.63, 3.8) is 0 Å². The molecule has 0 N–H and O–H groups in total. The molecule has 0 atom stereocenters. The Bertz CT molecular complexity index is 408. The van der Waals surface area contributed by atoms with Crippen LogP contribution in [-0.2, 0) is 4.74 Å². The summed E-state index contributed by atoms with van der Waals surface area (Å²) in [5, 5.41) is 0. The van der Waals surface area contributed by atoms with Crippen molar-refractivity contribution in [2.75, 3.05) is 7.11 Å². The molecule has 0 unspecified atom stereocenters. The molecule has 3 heteroatoms. The quantitative estimate of drug-likeness (QED) is 0.752. The monoisotopic (exact) mass is 236 g/mol. The van der Waals surface area contributed by atoms with E-state index in [0.29, 0.717) is 5.56 Å². The summed E-state index contributed by atoms with van der Waals surface area (Å²) in [6.07, 6.45) is 4.60. The van der Waals surface area contributed by atoms with E-state index >= 15 is 0 Å². The highest BCUT2D eigenvalue weighted by molar-refractivity contribution is 6.02. The Labute approximate surface area is 101 Å². The Hall–Kier alpha value is -1.22. The van der Waals surface area contributed by atoms with E-state index in [-0.39, 0.29) is 11.6 Å². The fourth-order valence-corrected chi connectivity index (χ4v) is 2.54. The van der Waals surface area contributed by atoms with Crippen LogP contribution < -0.4 is 0 Å². The molecule has 1 fully saturated rings. The highest BCUT2D eigenvalue weighted by Gasteiger charge is 2.39. The van der Waals surface area contributed by atoms with Crippen LogP contribution in [0.15, 0.2) is 24.3 Å². The van der Waals surface area contributed by atoms with Crippen LogP contribution in [0.3, 0.4) is 0 Å². The van der Waals surface area contributed by atoms with Crippen LogP contribution >= 0.6 is 0 Å². The van der Waals surface area contributed by atoms with Gasteiger partial charge >= 0.3 is 0 Å². The normalized spacial score (nSPS) is 18.9. The fraction of sp³-hybridized carbons (Fsp3) is 0.500. The molecule has 92 valence electrons. The van der Waals surface area contributed by atoms with E-state index in [1.54, 1.807) is 19.2 Å². The van der Waals surface area contributed by atoms with Crippen LogP contribution in [0.5, 0.6) is 0 Å². The summed E-state index contributed by atoms with van der Waals surface area (Å²) in [6, 6.07) is 5.85. The SMILES string of the molecule is COC1(C(=O)c2cccc(F)c2)CCCCC1. The van der Waals surface area contributed by atoms with E-state index in [2.05, 4.69) is 0 Å². The number of benzene rings is 1. The molecular formula is C14H17FO2. The standard InChI is InChI=1S/C14H17FO2/c1-17-14(8-3-2-4-9-14)13(16)11-6-5-7-12(15)10-11/h5-7,10H,2-4,8-9H2,1H3. The van der Waals surface area contributed by atoms with Crippen molar-refractivity contribution >= 4 is 5.78 Å². The highest BCUT2D eigenvalue weighted by atomic mass is 19.1. The molecular weight excluding hydrogens is 219 g/mol. The molecule has 0 aliphatic heterocycles. The molecule has 1 aromatic rings. The maximum Gasteiger partial charge on any atom is 0.194 e. The first-order chi connectivity index (χ1) is 8.18. The van der Waals surface area contributed by atoms with Crippen LogP contribution in [-0.4, -0.2) is 18.5 Å². The third kappa shape index (κ3) is 2.39. The molecule has 1 saturated carbocycles. The lowest BCUT2D eigenvalue weighted by molar-refractivity contribution is -0.0194. The number of hydrogen-bond acceptors (Lipinski definition) is 2. The van der Waals surface area contributed by atoms with Gasteiger partial charge in [-0.1, -0.05) is 31.4 Å². The molecule has 0 amide bonds. The Morgan fingerprint density at radius 1 is 1.29 bits per heavy atom. The predicted octanol–water partition coefficient (Wildman–Crippen LogP) is 3.36. The van der Waals surface area contributed by atoms with Gasteiger partial charge in [-0.3, -0.25) is 4.79 Å². The Balaban J connectivity index is 2.28. The zero-order valence-corrected chi connectivity index (χ0v) is 10.0. The van der Waals surface area contributed by atoms with Gasteiger partial charge in [0.05, 0.1) is 0 Å². The highest BCUT2D eigenvalue weighted by Crippen LogP contribution is 2.34. The number of hydrogen-bond donors (Lipinski definition) is 0. The molecule has 0 aromatic heterocycles. The number of ketones is 1. The smallest absolute Gasteiger partial charge is 0.194 e. The number of methoxy groups -OCH3 is 1. The molecule has 0 saturated heterocycles. The average molecular weight is 236 g/mol. The van der Waals surface area contributed by atoms with Crippen LogP contribution in [0.1, 0.15) is 42.5 Å². The van der Waals surface area contributed by atoms with E-state index in [0.717, 1.165) is 32.1 Å². The zero-order chi connectivity index (χ0) is 12.3. The lowest BCUT2D eigenvalue weighted by Gasteiger charge is -2.34. The molecule has 0 bridgehead atoms.